The Kier molecular flexibility index (Phi) is 4.91. The molecule has 1 heterocycles. The van der Waals surface area contributed by atoms with E-state index in [9.17, 15) is 0 Å². The van der Waals surface area contributed by atoms with Gasteiger partial charge in [-0.05, 0) is 36.2 Å². The van der Waals surface area contributed by atoms with Crippen molar-refractivity contribution in [2.45, 2.75) is 78.2 Å². The number of rotatable bonds is 5. The molecule has 2 rings (SSSR count). The molecular weight excluding hydrogens is 272 g/mol. The first-order valence-electron chi connectivity index (χ1n) is 8.55. The van der Waals surface area contributed by atoms with Crippen LogP contribution in [0.4, 0.5) is 0 Å². The lowest BCUT2D eigenvalue weighted by Crippen LogP contribution is -2.20. The summed E-state index contributed by atoms with van der Waals surface area (Å²) in [5.74, 6) is 1.09. The Balaban J connectivity index is 2.48. The average molecular weight is 304 g/mol. The zero-order valence-electron chi connectivity index (χ0n) is 15.4. The number of hydrogen-bond donors (Lipinski definition) is 0. The van der Waals surface area contributed by atoms with Crippen LogP contribution in [0.3, 0.4) is 0 Å². The monoisotopic (exact) mass is 304 g/mol. The fraction of sp³-hybridized carbons (Fsp3) is 0.700. The van der Waals surface area contributed by atoms with E-state index in [1.807, 2.05) is 0 Å². The van der Waals surface area contributed by atoms with Gasteiger partial charge in [-0.15, -0.1) is 0 Å². The Labute approximate surface area is 136 Å². The van der Waals surface area contributed by atoms with E-state index in [1.165, 1.54) is 16.7 Å². The van der Waals surface area contributed by atoms with E-state index >= 15 is 0 Å². The number of epoxide rings is 1. The first kappa shape index (κ1) is 17.3. The van der Waals surface area contributed by atoms with Crippen molar-refractivity contribution in [3.8, 4) is 5.75 Å². The fourth-order valence-corrected chi connectivity index (χ4v) is 2.81. The highest BCUT2D eigenvalue weighted by Crippen LogP contribution is 2.41. The van der Waals surface area contributed by atoms with Crippen molar-refractivity contribution in [1.82, 2.24) is 0 Å². The maximum absolute atomic E-state index is 6.09. The molecule has 1 aliphatic heterocycles. The second-order valence-electron chi connectivity index (χ2n) is 8.45. The van der Waals surface area contributed by atoms with Crippen molar-refractivity contribution < 1.29 is 9.47 Å². The van der Waals surface area contributed by atoms with Gasteiger partial charge in [-0.25, -0.2) is 0 Å². The first-order chi connectivity index (χ1) is 10.1. The van der Waals surface area contributed by atoms with E-state index < -0.39 is 0 Å². The van der Waals surface area contributed by atoms with Gasteiger partial charge in [0.2, 0.25) is 0 Å². The molecule has 22 heavy (non-hydrogen) atoms. The molecule has 0 aliphatic carbocycles. The Morgan fingerprint density at radius 1 is 1.05 bits per heavy atom. The first-order valence-corrected chi connectivity index (χ1v) is 8.55. The molecule has 1 aromatic rings. The van der Waals surface area contributed by atoms with Crippen LogP contribution in [0.1, 0.15) is 71.6 Å². The highest BCUT2D eigenvalue weighted by Gasteiger charge is 2.28. The highest BCUT2D eigenvalue weighted by atomic mass is 16.6. The van der Waals surface area contributed by atoms with Gasteiger partial charge in [0.15, 0.2) is 0 Å². The quantitative estimate of drug-likeness (QED) is 0.713. The zero-order chi connectivity index (χ0) is 16.5. The predicted molar refractivity (Wildman–Crippen MR) is 93.1 cm³/mol. The van der Waals surface area contributed by atoms with Crippen LogP contribution < -0.4 is 4.74 Å². The maximum atomic E-state index is 6.09. The Hall–Kier alpha value is -1.02. The number of hydrogen-bond acceptors (Lipinski definition) is 2. The van der Waals surface area contributed by atoms with Crippen LogP contribution in [-0.2, 0) is 22.0 Å². The van der Waals surface area contributed by atoms with Gasteiger partial charge in [0.25, 0.3) is 0 Å². The molecule has 0 amide bonds. The van der Waals surface area contributed by atoms with Crippen molar-refractivity contribution in [1.29, 1.82) is 0 Å². The molecule has 1 unspecified atom stereocenters. The van der Waals surface area contributed by atoms with Crippen molar-refractivity contribution in [3.63, 3.8) is 0 Å². The molecule has 0 N–H and O–H groups in total. The van der Waals surface area contributed by atoms with Gasteiger partial charge in [0.1, 0.15) is 5.75 Å². The van der Waals surface area contributed by atoms with Gasteiger partial charge in [-0.2, -0.15) is 0 Å². The molecule has 1 fully saturated rings. The molecule has 0 bridgehead atoms. The van der Waals surface area contributed by atoms with E-state index in [0.29, 0.717) is 12.7 Å². The fourth-order valence-electron chi connectivity index (χ4n) is 2.81. The van der Waals surface area contributed by atoms with Gasteiger partial charge >= 0.3 is 0 Å². The third-order valence-corrected chi connectivity index (χ3v) is 4.21. The molecule has 2 nitrogen and oxygen atoms in total. The molecule has 1 aromatic carbocycles. The second-order valence-corrected chi connectivity index (χ2v) is 8.45. The van der Waals surface area contributed by atoms with Gasteiger partial charge < -0.3 is 9.47 Å². The van der Waals surface area contributed by atoms with E-state index in [4.69, 9.17) is 9.47 Å². The summed E-state index contributed by atoms with van der Waals surface area (Å²) in [6.45, 7) is 17.3. The number of benzene rings is 1. The zero-order valence-corrected chi connectivity index (χ0v) is 15.4. The normalized spacial score (nSPS) is 18.4. The third kappa shape index (κ3) is 4.25. The van der Waals surface area contributed by atoms with Crippen LogP contribution in [0, 0.1) is 0 Å². The van der Waals surface area contributed by atoms with Crippen molar-refractivity contribution in [2.24, 2.45) is 0 Å². The molecule has 0 radical (unpaired) electrons. The highest BCUT2D eigenvalue weighted by molar-refractivity contribution is 5.51. The average Bonchev–Trinajstić information content (AvgIpc) is 3.19. The van der Waals surface area contributed by atoms with Crippen LogP contribution in [0.5, 0.6) is 5.75 Å². The van der Waals surface area contributed by atoms with E-state index in [-0.39, 0.29) is 10.8 Å². The molecule has 1 aliphatic rings. The van der Waals surface area contributed by atoms with Crippen molar-refractivity contribution >= 4 is 0 Å². The molecule has 2 heteroatoms. The summed E-state index contributed by atoms with van der Waals surface area (Å²) in [5, 5.41) is 0. The topological polar surface area (TPSA) is 21.8 Å². The summed E-state index contributed by atoms with van der Waals surface area (Å²) < 4.78 is 11.5. The van der Waals surface area contributed by atoms with Gasteiger partial charge in [0, 0.05) is 11.1 Å². The molecule has 1 saturated heterocycles. The summed E-state index contributed by atoms with van der Waals surface area (Å²) in [7, 11) is 0. The summed E-state index contributed by atoms with van der Waals surface area (Å²) in [5.41, 5.74) is 4.23. The summed E-state index contributed by atoms with van der Waals surface area (Å²) in [6.07, 6.45) is 2.70. The summed E-state index contributed by atoms with van der Waals surface area (Å²) in [4.78, 5) is 0. The van der Waals surface area contributed by atoms with Crippen LogP contribution in [-0.4, -0.2) is 19.3 Å². The van der Waals surface area contributed by atoms with Crippen molar-refractivity contribution in [3.05, 3.63) is 28.8 Å². The molecule has 0 spiro atoms. The third-order valence-electron chi connectivity index (χ3n) is 4.21. The smallest absolute Gasteiger partial charge is 0.126 e. The van der Waals surface area contributed by atoms with E-state index in [1.54, 1.807) is 0 Å². The molecule has 0 saturated carbocycles. The SMILES string of the molecule is CCOc1c(C(C)(C)C)cc(CCC2CO2)cc1C(C)(C)C. The Morgan fingerprint density at radius 3 is 1.91 bits per heavy atom. The number of aryl methyl sites for hydroxylation is 1. The van der Waals surface area contributed by atoms with Crippen LogP contribution in [0.15, 0.2) is 12.1 Å². The summed E-state index contributed by atoms with van der Waals surface area (Å²) in [6, 6.07) is 4.70. The van der Waals surface area contributed by atoms with E-state index in [0.717, 1.165) is 25.2 Å². The van der Waals surface area contributed by atoms with E-state index in [2.05, 4.69) is 60.6 Å². The molecular formula is C20H32O2. The van der Waals surface area contributed by atoms with Gasteiger partial charge in [-0.1, -0.05) is 53.7 Å². The van der Waals surface area contributed by atoms with Gasteiger partial charge in [0.05, 0.1) is 19.3 Å². The predicted octanol–water partition coefficient (Wildman–Crippen LogP) is 5.01. The molecule has 1 atom stereocenters. The standard InChI is InChI=1S/C20H32O2/c1-8-21-18-16(19(2,3)4)11-14(9-10-15-13-22-15)12-17(18)20(5,6)7/h11-12,15H,8-10,13H2,1-7H3. The minimum absolute atomic E-state index is 0.0800. The summed E-state index contributed by atoms with van der Waals surface area (Å²) >= 11 is 0. The molecule has 124 valence electrons. The minimum atomic E-state index is 0.0800. The van der Waals surface area contributed by atoms with Crippen LogP contribution in [0.25, 0.3) is 0 Å². The lowest BCUT2D eigenvalue weighted by Gasteiger charge is -2.30. The minimum Gasteiger partial charge on any atom is -0.493 e. The lowest BCUT2D eigenvalue weighted by molar-refractivity contribution is 0.319. The second kappa shape index (κ2) is 6.23. The Morgan fingerprint density at radius 2 is 1.55 bits per heavy atom. The number of ether oxygens (including phenoxy) is 2. The van der Waals surface area contributed by atoms with Crippen molar-refractivity contribution in [2.75, 3.05) is 13.2 Å². The van der Waals surface area contributed by atoms with Gasteiger partial charge in [-0.3, -0.25) is 0 Å². The molecule has 0 aromatic heterocycles. The Bertz CT molecular complexity index is 478. The van der Waals surface area contributed by atoms with Crippen LogP contribution in [0.2, 0.25) is 0 Å². The lowest BCUT2D eigenvalue weighted by atomic mass is 9.78. The largest absolute Gasteiger partial charge is 0.493 e. The van der Waals surface area contributed by atoms with Crippen LogP contribution >= 0.6 is 0 Å². The maximum Gasteiger partial charge on any atom is 0.126 e.